The molecule has 0 aliphatic heterocycles. The van der Waals surface area contributed by atoms with Gasteiger partial charge in [0.1, 0.15) is 11.3 Å². The normalized spacial score (nSPS) is 10.7. The number of carbonyl (C=O) groups excluding carboxylic acids is 2. The van der Waals surface area contributed by atoms with Gasteiger partial charge in [-0.1, -0.05) is 18.2 Å². The quantitative estimate of drug-likeness (QED) is 0.326. The van der Waals surface area contributed by atoms with Crippen LogP contribution >= 0.6 is 15.9 Å². The molecule has 0 bridgehead atoms. The SMILES string of the molecule is CCOc1ccc(C(=O)Nc2ccc(NC(=O)c3cc4ccccc4o3)c(C)c2)cc1Br. The topological polar surface area (TPSA) is 80.6 Å². The van der Waals surface area contributed by atoms with Crippen LogP contribution in [0.3, 0.4) is 0 Å². The molecule has 0 unspecified atom stereocenters. The molecule has 0 fully saturated rings. The molecule has 1 aromatic heterocycles. The minimum Gasteiger partial charge on any atom is -0.493 e. The molecule has 6 nitrogen and oxygen atoms in total. The van der Waals surface area contributed by atoms with Crippen molar-refractivity contribution in [2.24, 2.45) is 0 Å². The van der Waals surface area contributed by atoms with Gasteiger partial charge in [0.2, 0.25) is 0 Å². The maximum absolute atomic E-state index is 12.6. The van der Waals surface area contributed by atoms with Gasteiger partial charge < -0.3 is 19.8 Å². The van der Waals surface area contributed by atoms with Crippen LogP contribution in [0.15, 0.2) is 75.6 Å². The number of anilines is 2. The van der Waals surface area contributed by atoms with Crippen LogP contribution in [0.4, 0.5) is 11.4 Å². The van der Waals surface area contributed by atoms with Gasteiger partial charge in [0.05, 0.1) is 11.1 Å². The molecule has 2 N–H and O–H groups in total. The molecule has 162 valence electrons. The predicted molar refractivity (Wildman–Crippen MR) is 129 cm³/mol. The summed E-state index contributed by atoms with van der Waals surface area (Å²) in [6.07, 6.45) is 0. The molecule has 0 aliphatic rings. The van der Waals surface area contributed by atoms with Crippen LogP contribution < -0.4 is 15.4 Å². The summed E-state index contributed by atoms with van der Waals surface area (Å²) in [5, 5.41) is 6.60. The molecular formula is C25H21BrN2O4. The maximum atomic E-state index is 12.6. The van der Waals surface area contributed by atoms with E-state index in [4.69, 9.17) is 9.15 Å². The number of halogens is 1. The van der Waals surface area contributed by atoms with E-state index in [9.17, 15) is 9.59 Å². The molecule has 0 saturated carbocycles. The maximum Gasteiger partial charge on any atom is 0.291 e. The summed E-state index contributed by atoms with van der Waals surface area (Å²) in [6, 6.07) is 19.6. The van der Waals surface area contributed by atoms with Gasteiger partial charge in [-0.05, 0) is 83.9 Å². The Bertz CT molecular complexity index is 1280. The van der Waals surface area contributed by atoms with Gasteiger partial charge in [-0.25, -0.2) is 0 Å². The molecule has 0 atom stereocenters. The Balaban J connectivity index is 1.45. The lowest BCUT2D eigenvalue weighted by Crippen LogP contribution is -2.14. The summed E-state index contributed by atoms with van der Waals surface area (Å²) in [7, 11) is 0. The van der Waals surface area contributed by atoms with Crippen molar-refractivity contribution in [3.8, 4) is 5.75 Å². The van der Waals surface area contributed by atoms with E-state index in [2.05, 4.69) is 26.6 Å². The second-order valence-electron chi connectivity index (χ2n) is 7.16. The molecule has 3 aromatic carbocycles. The van der Waals surface area contributed by atoms with Crippen LogP contribution in [0.25, 0.3) is 11.0 Å². The van der Waals surface area contributed by atoms with Gasteiger partial charge in [0, 0.05) is 22.3 Å². The Labute approximate surface area is 193 Å². The zero-order valence-corrected chi connectivity index (χ0v) is 19.2. The highest BCUT2D eigenvalue weighted by Gasteiger charge is 2.14. The molecule has 0 saturated heterocycles. The lowest BCUT2D eigenvalue weighted by Gasteiger charge is -2.11. The fourth-order valence-corrected chi connectivity index (χ4v) is 3.77. The molecule has 4 rings (SSSR count). The Morgan fingerprint density at radius 1 is 0.969 bits per heavy atom. The van der Waals surface area contributed by atoms with Crippen LogP contribution in [0.1, 0.15) is 33.4 Å². The van der Waals surface area contributed by atoms with Gasteiger partial charge in [-0.3, -0.25) is 9.59 Å². The van der Waals surface area contributed by atoms with Crippen LogP contribution in [-0.2, 0) is 0 Å². The number of amides is 2. The third-order valence-electron chi connectivity index (χ3n) is 4.88. The molecule has 4 aromatic rings. The van der Waals surface area contributed by atoms with Crippen molar-refractivity contribution >= 4 is 50.1 Å². The van der Waals surface area contributed by atoms with Gasteiger partial charge in [-0.15, -0.1) is 0 Å². The summed E-state index contributed by atoms with van der Waals surface area (Å²) in [4.78, 5) is 25.2. The number of ether oxygens (including phenoxy) is 1. The van der Waals surface area contributed by atoms with Crippen molar-refractivity contribution in [2.45, 2.75) is 13.8 Å². The first-order valence-electron chi connectivity index (χ1n) is 10.1. The highest BCUT2D eigenvalue weighted by Crippen LogP contribution is 2.27. The van der Waals surface area contributed by atoms with Crippen LogP contribution in [0, 0.1) is 6.92 Å². The fourth-order valence-electron chi connectivity index (χ4n) is 3.28. The smallest absolute Gasteiger partial charge is 0.291 e. The number of nitrogens with one attached hydrogen (secondary N) is 2. The molecule has 0 radical (unpaired) electrons. The van der Waals surface area contributed by atoms with E-state index >= 15 is 0 Å². The van der Waals surface area contributed by atoms with E-state index in [1.54, 1.807) is 42.5 Å². The number of hydrogen-bond donors (Lipinski definition) is 2. The number of hydrogen-bond acceptors (Lipinski definition) is 4. The van der Waals surface area contributed by atoms with Crippen molar-refractivity contribution in [1.29, 1.82) is 0 Å². The number of furan rings is 1. The average molecular weight is 493 g/mol. The van der Waals surface area contributed by atoms with E-state index in [-0.39, 0.29) is 17.6 Å². The fraction of sp³-hybridized carbons (Fsp3) is 0.120. The van der Waals surface area contributed by atoms with Crippen LogP contribution in [0.2, 0.25) is 0 Å². The standard InChI is InChI=1S/C25H21BrN2O4/c1-3-31-22-11-8-17(13-19(22)26)24(29)27-18-9-10-20(15(2)12-18)28-25(30)23-14-16-6-4-5-7-21(16)32-23/h4-14H,3H2,1-2H3,(H,27,29)(H,28,30). The first-order chi connectivity index (χ1) is 15.4. The predicted octanol–water partition coefficient (Wildman–Crippen LogP) is 6.41. The second kappa shape index (κ2) is 9.28. The highest BCUT2D eigenvalue weighted by molar-refractivity contribution is 9.10. The third kappa shape index (κ3) is 4.68. The van der Waals surface area contributed by atoms with E-state index in [0.717, 1.165) is 10.9 Å². The zero-order chi connectivity index (χ0) is 22.7. The van der Waals surface area contributed by atoms with Crippen molar-refractivity contribution < 1.29 is 18.7 Å². The molecule has 1 heterocycles. The Morgan fingerprint density at radius 2 is 1.78 bits per heavy atom. The minimum absolute atomic E-state index is 0.240. The lowest BCUT2D eigenvalue weighted by molar-refractivity contribution is 0.0996. The summed E-state index contributed by atoms with van der Waals surface area (Å²) in [6.45, 7) is 4.30. The molecule has 2 amide bonds. The highest BCUT2D eigenvalue weighted by atomic mass is 79.9. The Hall–Kier alpha value is -3.58. The summed E-state index contributed by atoms with van der Waals surface area (Å²) < 4.78 is 11.8. The van der Waals surface area contributed by atoms with E-state index in [1.807, 2.05) is 38.1 Å². The van der Waals surface area contributed by atoms with Gasteiger partial charge in [0.15, 0.2) is 5.76 Å². The third-order valence-corrected chi connectivity index (χ3v) is 5.50. The van der Waals surface area contributed by atoms with Gasteiger partial charge in [0.25, 0.3) is 11.8 Å². The number of carbonyl (C=O) groups is 2. The lowest BCUT2D eigenvalue weighted by atomic mass is 10.1. The van der Waals surface area contributed by atoms with E-state index < -0.39 is 0 Å². The van der Waals surface area contributed by atoms with Crippen molar-refractivity contribution in [2.75, 3.05) is 17.2 Å². The molecule has 0 spiro atoms. The largest absolute Gasteiger partial charge is 0.493 e. The van der Waals surface area contributed by atoms with E-state index in [0.29, 0.717) is 39.4 Å². The Kier molecular flexibility index (Phi) is 6.28. The summed E-state index contributed by atoms with van der Waals surface area (Å²) in [5.41, 5.74) is 3.23. The molecule has 0 aliphatic carbocycles. The minimum atomic E-state index is -0.333. The monoisotopic (exact) mass is 492 g/mol. The van der Waals surface area contributed by atoms with Gasteiger partial charge in [-0.2, -0.15) is 0 Å². The molecule has 32 heavy (non-hydrogen) atoms. The van der Waals surface area contributed by atoms with Crippen LogP contribution in [0.5, 0.6) is 5.75 Å². The zero-order valence-electron chi connectivity index (χ0n) is 17.6. The second-order valence-corrected chi connectivity index (χ2v) is 8.02. The summed E-state index contributed by atoms with van der Waals surface area (Å²) in [5.74, 6) is 0.348. The number of fused-ring (bicyclic) bond motifs is 1. The van der Waals surface area contributed by atoms with Crippen molar-refractivity contribution in [3.63, 3.8) is 0 Å². The van der Waals surface area contributed by atoms with Crippen molar-refractivity contribution in [3.05, 3.63) is 88.1 Å². The van der Waals surface area contributed by atoms with Gasteiger partial charge >= 0.3 is 0 Å². The Morgan fingerprint density at radius 3 is 2.50 bits per heavy atom. The summed E-state index contributed by atoms with van der Waals surface area (Å²) >= 11 is 3.42. The number of rotatable bonds is 6. The number of para-hydroxylation sites is 1. The van der Waals surface area contributed by atoms with Crippen LogP contribution in [-0.4, -0.2) is 18.4 Å². The first-order valence-corrected chi connectivity index (χ1v) is 10.9. The van der Waals surface area contributed by atoms with Crippen molar-refractivity contribution in [1.82, 2.24) is 0 Å². The molecule has 7 heteroatoms. The number of aryl methyl sites for hydroxylation is 1. The first kappa shape index (κ1) is 21.6. The average Bonchev–Trinajstić information content (AvgIpc) is 3.21. The van der Waals surface area contributed by atoms with E-state index in [1.165, 1.54) is 0 Å². The molecular weight excluding hydrogens is 472 g/mol. The number of benzene rings is 3.